The van der Waals surface area contributed by atoms with E-state index in [1.54, 1.807) is 0 Å². The smallest absolute Gasteiger partial charge is 0.202 e. The molecule has 1 aliphatic heterocycles. The molecular weight excluding hydrogens is 164 g/mol. The van der Waals surface area contributed by atoms with Crippen LogP contribution in [0.15, 0.2) is 12.1 Å². The van der Waals surface area contributed by atoms with E-state index in [0.717, 1.165) is 6.07 Å². The van der Waals surface area contributed by atoms with Gasteiger partial charge in [0, 0.05) is 6.54 Å². The second-order valence-corrected chi connectivity index (χ2v) is 2.51. The lowest BCUT2D eigenvalue weighted by atomic mass is 10.2. The summed E-state index contributed by atoms with van der Waals surface area (Å²) in [6, 6.07) is 2.54. The van der Waals surface area contributed by atoms with Gasteiger partial charge in [-0.25, -0.2) is 4.39 Å². The van der Waals surface area contributed by atoms with Crippen LogP contribution in [0.5, 0.6) is 5.75 Å². The highest BCUT2D eigenvalue weighted by molar-refractivity contribution is 5.58. The Morgan fingerprint density at radius 2 is 2.17 bits per heavy atom. The van der Waals surface area contributed by atoms with Crippen molar-refractivity contribution in [3.8, 4) is 5.75 Å². The maximum Gasteiger partial charge on any atom is 0.202 e. The van der Waals surface area contributed by atoms with Gasteiger partial charge in [-0.05, 0) is 12.1 Å². The van der Waals surface area contributed by atoms with Crippen LogP contribution in [0.1, 0.15) is 0 Å². The Morgan fingerprint density at radius 1 is 1.33 bits per heavy atom. The van der Waals surface area contributed by atoms with Crippen molar-refractivity contribution in [2.45, 2.75) is 0 Å². The van der Waals surface area contributed by atoms with Crippen molar-refractivity contribution in [3.63, 3.8) is 0 Å². The maximum atomic E-state index is 12.9. The molecule has 1 N–H and O–H groups in total. The first kappa shape index (κ1) is 7.34. The van der Waals surface area contributed by atoms with Gasteiger partial charge in [0.25, 0.3) is 0 Å². The highest BCUT2D eigenvalue weighted by Gasteiger charge is 2.17. The molecular formula is C8H7F2NO. The Morgan fingerprint density at radius 3 is 3.00 bits per heavy atom. The Hall–Kier alpha value is -1.32. The summed E-state index contributed by atoms with van der Waals surface area (Å²) in [6.45, 7) is 0.992. The molecule has 0 amide bonds. The second kappa shape index (κ2) is 2.62. The minimum absolute atomic E-state index is 0.0127. The van der Waals surface area contributed by atoms with E-state index in [-0.39, 0.29) is 5.75 Å². The van der Waals surface area contributed by atoms with E-state index in [4.69, 9.17) is 4.74 Å². The number of halogens is 2. The van der Waals surface area contributed by atoms with E-state index in [1.165, 1.54) is 6.07 Å². The number of anilines is 1. The average Bonchev–Trinajstić information content (AvgIpc) is 2.12. The minimum Gasteiger partial charge on any atom is -0.486 e. The molecule has 0 radical (unpaired) electrons. The zero-order chi connectivity index (χ0) is 8.55. The largest absolute Gasteiger partial charge is 0.486 e. The van der Waals surface area contributed by atoms with Gasteiger partial charge < -0.3 is 10.1 Å². The Labute approximate surface area is 68.1 Å². The Bertz CT molecular complexity index is 314. The molecule has 0 aliphatic carbocycles. The van der Waals surface area contributed by atoms with Gasteiger partial charge in [0.2, 0.25) is 5.82 Å². The van der Waals surface area contributed by atoms with Gasteiger partial charge in [0.1, 0.15) is 6.61 Å². The zero-order valence-corrected chi connectivity index (χ0v) is 6.23. The SMILES string of the molecule is Fc1ccc2c(c1F)OCCN2. The lowest BCUT2D eigenvalue weighted by Crippen LogP contribution is -2.19. The van der Waals surface area contributed by atoms with Crippen LogP contribution in [0.3, 0.4) is 0 Å². The van der Waals surface area contributed by atoms with Crippen LogP contribution in [0.4, 0.5) is 14.5 Å². The van der Waals surface area contributed by atoms with Gasteiger partial charge in [-0.2, -0.15) is 4.39 Å². The van der Waals surface area contributed by atoms with Gasteiger partial charge in [-0.15, -0.1) is 0 Å². The first-order chi connectivity index (χ1) is 5.79. The molecule has 0 atom stereocenters. The first-order valence-corrected chi connectivity index (χ1v) is 3.64. The summed E-state index contributed by atoms with van der Waals surface area (Å²) in [5.41, 5.74) is 0.514. The molecule has 1 aromatic carbocycles. The number of hydrogen-bond acceptors (Lipinski definition) is 2. The number of nitrogens with one attached hydrogen (secondary N) is 1. The molecule has 1 heterocycles. The Balaban J connectivity index is 2.54. The van der Waals surface area contributed by atoms with E-state index < -0.39 is 11.6 Å². The number of fused-ring (bicyclic) bond motifs is 1. The van der Waals surface area contributed by atoms with Crippen molar-refractivity contribution in [1.82, 2.24) is 0 Å². The number of rotatable bonds is 0. The van der Waals surface area contributed by atoms with Crippen molar-refractivity contribution in [3.05, 3.63) is 23.8 Å². The summed E-state index contributed by atoms with van der Waals surface area (Å²) in [4.78, 5) is 0. The lowest BCUT2D eigenvalue weighted by Gasteiger charge is -2.19. The van der Waals surface area contributed by atoms with E-state index in [0.29, 0.717) is 18.8 Å². The summed E-state index contributed by atoms with van der Waals surface area (Å²) < 4.78 is 30.5. The fourth-order valence-corrected chi connectivity index (χ4v) is 1.15. The van der Waals surface area contributed by atoms with Gasteiger partial charge in [0.05, 0.1) is 5.69 Å². The van der Waals surface area contributed by atoms with Gasteiger partial charge in [-0.1, -0.05) is 0 Å². The van der Waals surface area contributed by atoms with Crippen LogP contribution in [0.2, 0.25) is 0 Å². The lowest BCUT2D eigenvalue weighted by molar-refractivity contribution is 0.299. The van der Waals surface area contributed by atoms with Gasteiger partial charge in [-0.3, -0.25) is 0 Å². The van der Waals surface area contributed by atoms with Crippen molar-refractivity contribution in [1.29, 1.82) is 0 Å². The third-order valence-electron chi connectivity index (χ3n) is 1.71. The standard InChI is InChI=1S/C8H7F2NO/c9-5-1-2-6-8(7(5)10)12-4-3-11-6/h1-2,11H,3-4H2. The molecule has 4 heteroatoms. The molecule has 0 fully saturated rings. The normalized spacial score (nSPS) is 14.5. The second-order valence-electron chi connectivity index (χ2n) is 2.51. The van der Waals surface area contributed by atoms with E-state index in [2.05, 4.69) is 5.32 Å². The van der Waals surface area contributed by atoms with Crippen LogP contribution >= 0.6 is 0 Å². The topological polar surface area (TPSA) is 21.3 Å². The van der Waals surface area contributed by atoms with Crippen molar-refractivity contribution < 1.29 is 13.5 Å². The minimum atomic E-state index is -0.917. The predicted molar refractivity (Wildman–Crippen MR) is 40.3 cm³/mol. The van der Waals surface area contributed by atoms with Crippen LogP contribution < -0.4 is 10.1 Å². The maximum absolute atomic E-state index is 12.9. The third-order valence-corrected chi connectivity index (χ3v) is 1.71. The van der Waals surface area contributed by atoms with Crippen LogP contribution in [0.25, 0.3) is 0 Å². The van der Waals surface area contributed by atoms with Crippen LogP contribution in [-0.2, 0) is 0 Å². The summed E-state index contributed by atoms with van der Waals surface area (Å²) in [7, 11) is 0. The fourth-order valence-electron chi connectivity index (χ4n) is 1.15. The number of ether oxygens (including phenoxy) is 1. The van der Waals surface area contributed by atoms with Crippen molar-refractivity contribution >= 4 is 5.69 Å². The van der Waals surface area contributed by atoms with E-state index in [1.807, 2.05) is 0 Å². The molecule has 0 aromatic heterocycles. The van der Waals surface area contributed by atoms with Crippen LogP contribution in [-0.4, -0.2) is 13.2 Å². The molecule has 0 bridgehead atoms. The quantitative estimate of drug-likeness (QED) is 0.642. The van der Waals surface area contributed by atoms with Gasteiger partial charge >= 0.3 is 0 Å². The summed E-state index contributed by atoms with van der Waals surface area (Å²) in [6.07, 6.45) is 0. The zero-order valence-electron chi connectivity index (χ0n) is 6.23. The number of hydrogen-bond donors (Lipinski definition) is 1. The molecule has 0 spiro atoms. The first-order valence-electron chi connectivity index (χ1n) is 3.64. The predicted octanol–water partition coefficient (Wildman–Crippen LogP) is 1.77. The molecule has 0 saturated carbocycles. The monoisotopic (exact) mass is 171 g/mol. The van der Waals surface area contributed by atoms with E-state index >= 15 is 0 Å². The highest BCUT2D eigenvalue weighted by atomic mass is 19.2. The summed E-state index contributed by atoms with van der Waals surface area (Å²) in [5, 5.41) is 2.90. The fraction of sp³-hybridized carbons (Fsp3) is 0.250. The molecule has 2 nitrogen and oxygen atoms in total. The van der Waals surface area contributed by atoms with E-state index in [9.17, 15) is 8.78 Å². The van der Waals surface area contributed by atoms with Crippen molar-refractivity contribution in [2.24, 2.45) is 0 Å². The number of benzene rings is 1. The molecule has 64 valence electrons. The molecule has 2 rings (SSSR count). The summed E-state index contributed by atoms with van der Waals surface area (Å²) >= 11 is 0. The molecule has 1 aromatic rings. The highest BCUT2D eigenvalue weighted by Crippen LogP contribution is 2.31. The van der Waals surface area contributed by atoms with Crippen molar-refractivity contribution in [2.75, 3.05) is 18.5 Å². The van der Waals surface area contributed by atoms with Gasteiger partial charge in [0.15, 0.2) is 11.6 Å². The molecule has 1 aliphatic rings. The molecule has 0 unspecified atom stereocenters. The average molecular weight is 171 g/mol. The van der Waals surface area contributed by atoms with Crippen LogP contribution in [0, 0.1) is 11.6 Å². The molecule has 0 saturated heterocycles. The summed E-state index contributed by atoms with van der Waals surface area (Å²) in [5.74, 6) is -1.81. The third kappa shape index (κ3) is 0.995. The molecule has 12 heavy (non-hydrogen) atoms. The Kier molecular flexibility index (Phi) is 1.60.